The topological polar surface area (TPSA) is 453 Å². The second-order valence-electron chi connectivity index (χ2n) is 0.448. The van der Waals surface area contributed by atoms with E-state index in [0.29, 0.717) is 0 Å². The first-order chi connectivity index (χ1) is 2.00. The fourth-order valence-electron chi connectivity index (χ4n) is 0. The highest BCUT2D eigenvalue weighted by molar-refractivity contribution is 7.79. The Hall–Kier alpha value is -0.610. The van der Waals surface area contributed by atoms with Crippen molar-refractivity contribution in [2.24, 2.45) is 0 Å². The zero-order chi connectivity index (χ0) is 4.50. The summed E-state index contributed by atoms with van der Waals surface area (Å²) >= 11 is 0. The predicted molar refractivity (Wildman–Crippen MR) is 57.5 cm³/mol. The molecule has 0 aliphatic rings. The summed E-state index contributed by atoms with van der Waals surface area (Å²) in [6, 6.07) is 0. The summed E-state index contributed by atoms with van der Waals surface area (Å²) in [5.74, 6) is 0. The van der Waals surface area contributed by atoms with Gasteiger partial charge in [0.2, 0.25) is 0 Å². The van der Waals surface area contributed by atoms with E-state index >= 15 is 0 Å². The van der Waals surface area contributed by atoms with Crippen LogP contribution in [0.4, 0.5) is 0 Å². The van der Waals surface area contributed by atoms with Crippen LogP contribution in [0.15, 0.2) is 0 Å². The van der Waals surface area contributed by atoms with Crippen molar-refractivity contribution in [2.45, 2.75) is 0 Å². The van der Waals surface area contributed by atoms with Gasteiger partial charge in [0, 0.05) is 0 Å². The number of rotatable bonds is 0. The lowest BCUT2D eigenvalue weighted by Gasteiger charge is -1.68. The van der Waals surface area contributed by atoms with E-state index in [2.05, 4.69) is 0 Å². The lowest BCUT2D eigenvalue weighted by Crippen LogP contribution is -1.89. The molecule has 16 nitrogen and oxygen atoms in total. The minimum atomic E-state index is -4.67. The molecule has 0 aliphatic carbocycles. The Morgan fingerprint density at radius 2 is 0.412 bits per heavy atom. The molecule has 0 unspecified atom stereocenters. The maximum Gasteiger partial charge on any atom is 0.394 e. The highest BCUT2D eigenvalue weighted by atomic mass is 32.3. The fourth-order valence-corrected chi connectivity index (χ4v) is 0. The van der Waals surface area contributed by atoms with Crippen LogP contribution < -0.4 is 0 Å². The van der Waals surface area contributed by atoms with Gasteiger partial charge >= 0.3 is 10.4 Å². The third-order valence-corrected chi connectivity index (χ3v) is 0. The van der Waals surface area contributed by atoms with Crippen molar-refractivity contribution in [3.05, 3.63) is 0 Å². The smallest absolute Gasteiger partial charge is 0.394 e. The molecule has 26 N–H and O–H groups in total. The van der Waals surface area contributed by atoms with Gasteiger partial charge in [-0.1, -0.05) is 0 Å². The summed E-state index contributed by atoms with van der Waals surface area (Å²) in [7, 11) is -4.67. The Morgan fingerprint density at radius 1 is 0.412 bits per heavy atom. The van der Waals surface area contributed by atoms with Crippen LogP contribution in [-0.2, 0) is 10.4 Å². The number of hydrogen-bond acceptors (Lipinski definition) is 2. The summed E-state index contributed by atoms with van der Waals surface area (Å²) in [4.78, 5) is 0. The summed E-state index contributed by atoms with van der Waals surface area (Å²) in [5.41, 5.74) is 0. The maximum atomic E-state index is 8.74. The van der Waals surface area contributed by atoms with Crippen molar-refractivity contribution >= 4 is 10.4 Å². The van der Waals surface area contributed by atoms with E-state index in [1.54, 1.807) is 0 Å². The Morgan fingerprint density at radius 3 is 0.412 bits per heavy atom. The molecule has 0 fully saturated rings. The number of hydrogen-bond donors (Lipinski definition) is 2. The van der Waals surface area contributed by atoms with Crippen LogP contribution in [-0.4, -0.2) is 83.2 Å². The van der Waals surface area contributed by atoms with E-state index in [4.69, 9.17) is 17.5 Å². The zero-order valence-corrected chi connectivity index (χ0v) is 8.94. The van der Waals surface area contributed by atoms with Gasteiger partial charge in [-0.2, -0.15) is 8.42 Å². The van der Waals surface area contributed by atoms with Crippen LogP contribution in [0.1, 0.15) is 0 Å². The largest absolute Gasteiger partial charge is 0.412 e. The van der Waals surface area contributed by atoms with E-state index in [1.807, 2.05) is 0 Å². The minimum Gasteiger partial charge on any atom is -0.412 e. The van der Waals surface area contributed by atoms with Crippen LogP contribution in [0.5, 0.6) is 0 Å². The molecule has 0 aromatic rings. The van der Waals surface area contributed by atoms with E-state index in [0.717, 1.165) is 0 Å². The van der Waals surface area contributed by atoms with Crippen molar-refractivity contribution in [1.82, 2.24) is 0 Å². The van der Waals surface area contributed by atoms with Crippen molar-refractivity contribution in [3.63, 3.8) is 0 Å². The average molecular weight is 314 g/mol. The molecule has 0 saturated carbocycles. The first kappa shape index (κ1) is 338. The molecule has 0 bridgehead atoms. The Balaban J connectivity index is -0.00000000121. The van der Waals surface area contributed by atoms with Gasteiger partial charge in [0.1, 0.15) is 0 Å². The molecule has 0 spiro atoms. The van der Waals surface area contributed by atoms with E-state index in [9.17, 15) is 0 Å². The van der Waals surface area contributed by atoms with Gasteiger partial charge in [-0.25, -0.2) is 0 Å². The van der Waals surface area contributed by atoms with E-state index < -0.39 is 10.4 Å². The standard InChI is InChI=1S/H2O4S.12H2O/c1-5(2,3)4;;;;;;;;;;;;/h(H2,1,2,3,4);12*1H2. The highest BCUT2D eigenvalue weighted by Gasteiger charge is 1.84. The zero-order valence-electron chi connectivity index (χ0n) is 8.12. The normalized spacial score (nSPS) is 3.41. The lowest BCUT2D eigenvalue weighted by molar-refractivity contribution is 0.381. The minimum absolute atomic E-state index is 0. The first-order valence-electron chi connectivity index (χ1n) is 0.698. The van der Waals surface area contributed by atoms with Crippen molar-refractivity contribution < 1.29 is 83.2 Å². The lowest BCUT2D eigenvalue weighted by atomic mass is 15.8. The Labute approximate surface area is 94.8 Å². The molecule has 0 amide bonds. The second kappa shape index (κ2) is 110. The van der Waals surface area contributed by atoms with Crippen molar-refractivity contribution in [3.8, 4) is 0 Å². The monoisotopic (exact) mass is 314 g/mol. The molecular weight excluding hydrogens is 288 g/mol. The van der Waals surface area contributed by atoms with Crippen molar-refractivity contribution in [2.75, 3.05) is 0 Å². The average Bonchev–Trinajstić information content (AvgIpc) is 0.722. The Bertz CT molecular complexity index is 88.7. The molecule has 17 heteroatoms. The van der Waals surface area contributed by atoms with Gasteiger partial charge in [0.25, 0.3) is 0 Å². The molecule has 0 aromatic carbocycles. The van der Waals surface area contributed by atoms with Crippen LogP contribution >= 0.6 is 0 Å². The molecule has 0 aliphatic heterocycles. The molecule has 0 heterocycles. The third-order valence-electron chi connectivity index (χ3n) is 0. The SMILES string of the molecule is O.O.O.O.O.O.O.O.O.O.O.O.O=S(=O)(O)O. The van der Waals surface area contributed by atoms with Gasteiger partial charge in [-0.3, -0.25) is 9.11 Å². The van der Waals surface area contributed by atoms with Gasteiger partial charge in [-0.05, 0) is 0 Å². The van der Waals surface area contributed by atoms with Gasteiger partial charge in [0.05, 0.1) is 0 Å². The highest BCUT2D eigenvalue weighted by Crippen LogP contribution is 1.59. The maximum absolute atomic E-state index is 8.74. The van der Waals surface area contributed by atoms with Crippen LogP contribution in [0.2, 0.25) is 0 Å². The first-order valence-corrected chi connectivity index (χ1v) is 2.10. The fraction of sp³-hybridized carbons (Fsp3) is 0. The van der Waals surface area contributed by atoms with E-state index in [-0.39, 0.29) is 65.7 Å². The summed E-state index contributed by atoms with van der Waals surface area (Å²) < 4.78 is 31.6. The van der Waals surface area contributed by atoms with Crippen LogP contribution in [0.3, 0.4) is 0 Å². The van der Waals surface area contributed by atoms with Gasteiger partial charge in [0.15, 0.2) is 0 Å². The Kier molecular flexibility index (Phi) is 2180. The van der Waals surface area contributed by atoms with Crippen LogP contribution in [0.25, 0.3) is 0 Å². The van der Waals surface area contributed by atoms with Gasteiger partial charge in [-0.15, -0.1) is 0 Å². The third kappa shape index (κ3) is 7420. The molecule has 17 heavy (non-hydrogen) atoms. The molecule has 128 valence electrons. The summed E-state index contributed by atoms with van der Waals surface area (Å²) in [6.07, 6.45) is 0. The molecule has 0 rings (SSSR count). The summed E-state index contributed by atoms with van der Waals surface area (Å²) in [6.45, 7) is 0. The molecule has 0 atom stereocenters. The molecule has 0 radical (unpaired) electrons. The molecular formula is H26O16S. The molecule has 0 saturated heterocycles. The predicted octanol–water partition coefficient (Wildman–Crippen LogP) is -10.5. The quantitative estimate of drug-likeness (QED) is 0.410. The van der Waals surface area contributed by atoms with Crippen LogP contribution in [0, 0.1) is 0 Å². The van der Waals surface area contributed by atoms with Gasteiger partial charge < -0.3 is 65.7 Å². The van der Waals surface area contributed by atoms with E-state index in [1.165, 1.54) is 0 Å². The summed E-state index contributed by atoms with van der Waals surface area (Å²) in [5, 5.41) is 0. The van der Waals surface area contributed by atoms with Crippen molar-refractivity contribution in [1.29, 1.82) is 0 Å². The second-order valence-corrected chi connectivity index (χ2v) is 1.34. The molecule has 0 aromatic heterocycles.